The second-order valence-corrected chi connectivity index (χ2v) is 7.00. The molecule has 7 heteroatoms. The largest absolute Gasteiger partial charge is 0.390 e. The molecule has 2 N–H and O–H groups in total. The molecule has 25 heavy (non-hydrogen) atoms. The molecular weight excluding hydrogens is 328 g/mol. The van der Waals surface area contributed by atoms with Gasteiger partial charge < -0.3 is 10.4 Å². The minimum absolute atomic E-state index is 0.125. The zero-order valence-electron chi connectivity index (χ0n) is 13.7. The first-order chi connectivity index (χ1) is 11.9. The summed E-state index contributed by atoms with van der Waals surface area (Å²) in [6.45, 7) is 0. The highest BCUT2D eigenvalue weighted by molar-refractivity contribution is 6.05. The van der Waals surface area contributed by atoms with Gasteiger partial charge in [0, 0.05) is 18.9 Å². The van der Waals surface area contributed by atoms with Crippen LogP contribution in [0.2, 0.25) is 0 Å². The Hall–Kier alpha value is -2.28. The number of hydrogen-bond acceptors (Lipinski definition) is 3. The molecule has 132 valence electrons. The smallest absolute Gasteiger partial charge is 0.282 e. The van der Waals surface area contributed by atoms with E-state index in [1.54, 1.807) is 12.1 Å². The number of aromatic nitrogens is 2. The average molecular weight is 347 g/mol. The first-order valence-corrected chi connectivity index (χ1v) is 8.33. The number of benzene rings is 1. The molecule has 0 saturated heterocycles. The number of halogens is 2. The van der Waals surface area contributed by atoms with Crippen LogP contribution in [-0.4, -0.2) is 26.4 Å². The number of nitrogens with one attached hydrogen (secondary N) is 1. The zero-order chi connectivity index (χ0) is 17.8. The van der Waals surface area contributed by atoms with Gasteiger partial charge in [-0.25, -0.2) is 8.78 Å². The Morgan fingerprint density at radius 1 is 1.40 bits per heavy atom. The predicted octanol–water partition coefficient (Wildman–Crippen LogP) is 3.24. The standard InChI is InChI=1S/C18H19F2N3O2/c1-23-9-12(15(22-23)16(19)20)17(24)21-14-5-3-2-4-10(14)11-8-13(11)18(25)6-7-18/h2-5,9,11,13,16,25H,6-8H2,1H3,(H,21,24). The summed E-state index contributed by atoms with van der Waals surface area (Å²) in [6, 6.07) is 7.35. The van der Waals surface area contributed by atoms with Crippen molar-refractivity contribution in [2.75, 3.05) is 5.32 Å². The molecule has 2 atom stereocenters. The molecule has 5 nitrogen and oxygen atoms in total. The number of carbonyl (C=O) groups is 1. The lowest BCUT2D eigenvalue weighted by atomic mass is 10.0. The zero-order valence-corrected chi connectivity index (χ0v) is 13.7. The van der Waals surface area contributed by atoms with Crippen molar-refractivity contribution in [1.82, 2.24) is 9.78 Å². The summed E-state index contributed by atoms with van der Waals surface area (Å²) in [4.78, 5) is 12.5. The molecule has 0 aliphatic heterocycles. The van der Waals surface area contributed by atoms with Gasteiger partial charge in [-0.2, -0.15) is 5.10 Å². The van der Waals surface area contributed by atoms with E-state index in [1.165, 1.54) is 17.9 Å². The molecule has 1 heterocycles. The van der Waals surface area contributed by atoms with Gasteiger partial charge >= 0.3 is 0 Å². The highest BCUT2D eigenvalue weighted by Crippen LogP contribution is 2.62. The number of rotatable bonds is 5. The van der Waals surface area contributed by atoms with E-state index in [0.717, 1.165) is 24.8 Å². The van der Waals surface area contributed by atoms with E-state index in [1.807, 2.05) is 12.1 Å². The molecule has 1 amide bonds. The van der Waals surface area contributed by atoms with Crippen molar-refractivity contribution >= 4 is 11.6 Å². The second-order valence-electron chi connectivity index (χ2n) is 7.00. The summed E-state index contributed by atoms with van der Waals surface area (Å²) >= 11 is 0. The lowest BCUT2D eigenvalue weighted by molar-refractivity contribution is 0.101. The lowest BCUT2D eigenvalue weighted by Crippen LogP contribution is -2.15. The second kappa shape index (κ2) is 5.62. The van der Waals surface area contributed by atoms with Crippen molar-refractivity contribution in [3.05, 3.63) is 47.3 Å². The third-order valence-corrected chi connectivity index (χ3v) is 5.16. The maximum Gasteiger partial charge on any atom is 0.282 e. The minimum Gasteiger partial charge on any atom is -0.390 e. The first kappa shape index (κ1) is 16.2. The third-order valence-electron chi connectivity index (χ3n) is 5.16. The normalized spacial score (nSPS) is 23.6. The SMILES string of the molecule is Cn1cc(C(=O)Nc2ccccc2C2CC2C2(O)CC2)c(C(F)F)n1. The van der Waals surface area contributed by atoms with Gasteiger partial charge in [0.15, 0.2) is 0 Å². The fraction of sp³-hybridized carbons (Fsp3) is 0.444. The summed E-state index contributed by atoms with van der Waals surface area (Å²) < 4.78 is 27.3. The van der Waals surface area contributed by atoms with E-state index < -0.39 is 23.6 Å². The molecule has 2 fully saturated rings. The molecule has 2 aliphatic carbocycles. The van der Waals surface area contributed by atoms with Crippen molar-refractivity contribution in [2.24, 2.45) is 13.0 Å². The molecule has 1 aromatic heterocycles. The van der Waals surface area contributed by atoms with Gasteiger partial charge in [0.25, 0.3) is 12.3 Å². The van der Waals surface area contributed by atoms with Gasteiger partial charge in [-0.15, -0.1) is 0 Å². The molecule has 2 saturated carbocycles. The Kier molecular flexibility index (Phi) is 3.64. The molecule has 4 rings (SSSR count). The number of aliphatic hydroxyl groups is 1. The monoisotopic (exact) mass is 347 g/mol. The van der Waals surface area contributed by atoms with E-state index in [9.17, 15) is 18.7 Å². The van der Waals surface area contributed by atoms with Crippen LogP contribution in [0.15, 0.2) is 30.5 Å². The van der Waals surface area contributed by atoms with Gasteiger partial charge in [-0.05, 0) is 42.7 Å². The number of carbonyl (C=O) groups excluding carboxylic acids is 1. The third kappa shape index (κ3) is 2.93. The first-order valence-electron chi connectivity index (χ1n) is 8.33. The summed E-state index contributed by atoms with van der Waals surface area (Å²) in [7, 11) is 1.50. The van der Waals surface area contributed by atoms with Crippen molar-refractivity contribution in [3.8, 4) is 0 Å². The lowest BCUT2D eigenvalue weighted by Gasteiger charge is -2.12. The summed E-state index contributed by atoms with van der Waals surface area (Å²) in [5, 5.41) is 16.7. The topological polar surface area (TPSA) is 67.2 Å². The Balaban J connectivity index is 1.57. The van der Waals surface area contributed by atoms with Gasteiger partial charge in [-0.3, -0.25) is 9.48 Å². The predicted molar refractivity (Wildman–Crippen MR) is 87.6 cm³/mol. The highest BCUT2D eigenvalue weighted by Gasteiger charge is 2.59. The van der Waals surface area contributed by atoms with Crippen LogP contribution in [0.1, 0.15) is 53.2 Å². The summed E-state index contributed by atoms with van der Waals surface area (Å²) in [6.07, 6.45) is 1.03. The van der Waals surface area contributed by atoms with Crippen LogP contribution in [0.25, 0.3) is 0 Å². The van der Waals surface area contributed by atoms with Crippen LogP contribution in [-0.2, 0) is 7.05 Å². The molecule has 0 radical (unpaired) electrons. The molecule has 0 spiro atoms. The van der Waals surface area contributed by atoms with Crippen molar-refractivity contribution in [1.29, 1.82) is 0 Å². The summed E-state index contributed by atoms with van der Waals surface area (Å²) in [5.41, 5.74) is 0.361. The Labute approximate surface area is 143 Å². The molecular formula is C18H19F2N3O2. The molecule has 1 aromatic carbocycles. The van der Waals surface area contributed by atoms with Gasteiger partial charge in [0.05, 0.1) is 11.2 Å². The van der Waals surface area contributed by atoms with Crippen LogP contribution < -0.4 is 5.32 Å². The Bertz CT molecular complexity index is 829. The number of hydrogen-bond donors (Lipinski definition) is 2. The van der Waals surface area contributed by atoms with Crippen LogP contribution in [0.4, 0.5) is 14.5 Å². The average Bonchev–Trinajstić information content (AvgIpc) is 3.47. The minimum atomic E-state index is -2.81. The van der Waals surface area contributed by atoms with Crippen LogP contribution in [0, 0.1) is 5.92 Å². The molecule has 2 aromatic rings. The van der Waals surface area contributed by atoms with E-state index in [2.05, 4.69) is 10.4 Å². The van der Waals surface area contributed by atoms with Crippen molar-refractivity contribution in [2.45, 2.75) is 37.2 Å². The molecule has 0 bridgehead atoms. The number of amides is 1. The van der Waals surface area contributed by atoms with Crippen LogP contribution >= 0.6 is 0 Å². The number of alkyl halides is 2. The van der Waals surface area contributed by atoms with Crippen LogP contribution in [0.3, 0.4) is 0 Å². The maximum absolute atomic E-state index is 13.1. The summed E-state index contributed by atoms with van der Waals surface area (Å²) in [5.74, 6) is -0.175. The fourth-order valence-electron chi connectivity index (χ4n) is 3.60. The fourth-order valence-corrected chi connectivity index (χ4v) is 3.60. The van der Waals surface area contributed by atoms with E-state index >= 15 is 0 Å². The Morgan fingerprint density at radius 2 is 2.12 bits per heavy atom. The van der Waals surface area contributed by atoms with Gasteiger partial charge in [0.1, 0.15) is 5.69 Å². The number of nitrogens with zero attached hydrogens (tertiary/aromatic N) is 2. The van der Waals surface area contributed by atoms with Gasteiger partial charge in [0.2, 0.25) is 0 Å². The van der Waals surface area contributed by atoms with E-state index in [-0.39, 0.29) is 17.4 Å². The number of para-hydroxylation sites is 1. The van der Waals surface area contributed by atoms with Crippen molar-refractivity contribution < 1.29 is 18.7 Å². The van der Waals surface area contributed by atoms with Gasteiger partial charge in [-0.1, -0.05) is 18.2 Å². The molecule has 2 aliphatic rings. The maximum atomic E-state index is 13.1. The quantitative estimate of drug-likeness (QED) is 0.873. The van der Waals surface area contributed by atoms with Crippen molar-refractivity contribution in [3.63, 3.8) is 0 Å². The van der Waals surface area contributed by atoms with E-state index in [0.29, 0.717) is 5.69 Å². The highest BCUT2D eigenvalue weighted by atomic mass is 19.3. The number of aryl methyl sites for hydroxylation is 1. The van der Waals surface area contributed by atoms with Crippen LogP contribution in [0.5, 0.6) is 0 Å². The Morgan fingerprint density at radius 3 is 2.80 bits per heavy atom. The van der Waals surface area contributed by atoms with E-state index in [4.69, 9.17) is 0 Å². The number of anilines is 1. The molecule has 2 unspecified atom stereocenters.